The van der Waals surface area contributed by atoms with Crippen molar-refractivity contribution in [3.05, 3.63) is 49.0 Å². The first-order valence-corrected chi connectivity index (χ1v) is 4.88. The minimum Gasteiger partial charge on any atom is -0.351 e. The van der Waals surface area contributed by atoms with Gasteiger partial charge in [0, 0.05) is 18.6 Å². The number of allylic oxidation sites excluding steroid dienone is 3. The predicted molar refractivity (Wildman–Crippen MR) is 65.1 cm³/mol. The van der Waals surface area contributed by atoms with E-state index in [0.717, 1.165) is 5.57 Å². The van der Waals surface area contributed by atoms with Gasteiger partial charge in [0.2, 0.25) is 5.95 Å². The molecule has 2 amide bonds. The summed E-state index contributed by atoms with van der Waals surface area (Å²) in [5.74, 6) is 0.796. The molecule has 0 aliphatic carbocycles. The highest BCUT2D eigenvalue weighted by molar-refractivity contribution is 5.86. The van der Waals surface area contributed by atoms with Crippen molar-refractivity contribution in [2.24, 2.45) is 5.73 Å². The van der Waals surface area contributed by atoms with Crippen LogP contribution in [0.25, 0.3) is 0 Å². The molecule has 6 nitrogen and oxygen atoms in total. The summed E-state index contributed by atoms with van der Waals surface area (Å²) >= 11 is 0. The maximum absolute atomic E-state index is 10.7. The van der Waals surface area contributed by atoms with Gasteiger partial charge in [-0.05, 0) is 23.8 Å². The number of nitrogens with two attached hydrogens (primary N) is 1. The average molecular weight is 229 g/mol. The molecule has 0 aromatic carbocycles. The van der Waals surface area contributed by atoms with Crippen LogP contribution in [-0.4, -0.2) is 16.0 Å². The quantitative estimate of drug-likeness (QED) is 0.802. The van der Waals surface area contributed by atoms with E-state index in [9.17, 15) is 4.79 Å². The number of nitrogens with one attached hydrogen (secondary N) is 1. The number of aromatic nitrogens is 2. The third-order valence-corrected chi connectivity index (χ3v) is 2.02. The molecule has 1 aromatic rings. The van der Waals surface area contributed by atoms with E-state index < -0.39 is 6.03 Å². The number of amides is 2. The highest BCUT2D eigenvalue weighted by Gasteiger charge is 2.07. The standard InChI is InChI=1S/C11H11N5O/c1-8-3-6-16(7-4-8)11-13-5-2-9(15-11)14-10(12)17/h2-7H,1H2,(H3,12,13,14,15,17). The molecule has 1 aliphatic heterocycles. The van der Waals surface area contributed by atoms with Crippen molar-refractivity contribution in [2.45, 2.75) is 0 Å². The molecule has 1 aromatic heterocycles. The SMILES string of the molecule is C=C1C=CN(c2nccc(NC(N)=O)n2)C=C1. The number of hydrogen-bond acceptors (Lipinski definition) is 4. The number of hydrogen-bond donors (Lipinski definition) is 2. The van der Waals surface area contributed by atoms with Gasteiger partial charge in [-0.2, -0.15) is 4.98 Å². The molecule has 0 spiro atoms. The van der Waals surface area contributed by atoms with Gasteiger partial charge < -0.3 is 5.73 Å². The average Bonchev–Trinajstić information content (AvgIpc) is 2.29. The third-order valence-electron chi connectivity index (χ3n) is 2.02. The molecule has 2 heterocycles. The van der Waals surface area contributed by atoms with E-state index in [4.69, 9.17) is 5.73 Å². The van der Waals surface area contributed by atoms with Gasteiger partial charge in [0.05, 0.1) is 0 Å². The first kappa shape index (κ1) is 10.9. The van der Waals surface area contributed by atoms with Crippen LogP contribution >= 0.6 is 0 Å². The lowest BCUT2D eigenvalue weighted by atomic mass is 10.2. The molecule has 1 aliphatic rings. The molecular formula is C11H11N5O. The molecule has 0 fully saturated rings. The molecule has 0 radical (unpaired) electrons. The summed E-state index contributed by atoms with van der Waals surface area (Å²) < 4.78 is 0. The molecular weight excluding hydrogens is 218 g/mol. The van der Waals surface area contributed by atoms with Gasteiger partial charge in [-0.1, -0.05) is 6.58 Å². The minimum absolute atomic E-state index is 0.355. The highest BCUT2D eigenvalue weighted by Crippen LogP contribution is 2.15. The van der Waals surface area contributed by atoms with Crippen molar-refractivity contribution in [1.82, 2.24) is 9.97 Å². The zero-order chi connectivity index (χ0) is 12.3. The Morgan fingerprint density at radius 1 is 1.41 bits per heavy atom. The summed E-state index contributed by atoms with van der Waals surface area (Å²) in [5, 5.41) is 2.39. The van der Waals surface area contributed by atoms with Crippen LogP contribution in [0.5, 0.6) is 0 Å². The van der Waals surface area contributed by atoms with E-state index in [0.29, 0.717) is 11.8 Å². The number of carbonyl (C=O) groups is 1. The molecule has 0 saturated carbocycles. The molecule has 2 rings (SSSR count). The summed E-state index contributed by atoms with van der Waals surface area (Å²) in [7, 11) is 0. The minimum atomic E-state index is -0.659. The Labute approximate surface area is 98.2 Å². The van der Waals surface area contributed by atoms with Gasteiger partial charge in [0.15, 0.2) is 0 Å². The van der Waals surface area contributed by atoms with Crippen LogP contribution in [-0.2, 0) is 0 Å². The maximum atomic E-state index is 10.7. The van der Waals surface area contributed by atoms with Crippen LogP contribution in [0.3, 0.4) is 0 Å². The fraction of sp³-hybridized carbons (Fsp3) is 0. The van der Waals surface area contributed by atoms with Crippen molar-refractivity contribution in [1.29, 1.82) is 0 Å². The number of nitrogens with zero attached hydrogens (tertiary/aromatic N) is 3. The van der Waals surface area contributed by atoms with E-state index in [2.05, 4.69) is 21.9 Å². The second-order valence-corrected chi connectivity index (χ2v) is 3.34. The Morgan fingerprint density at radius 3 is 2.76 bits per heavy atom. The summed E-state index contributed by atoms with van der Waals surface area (Å²) in [4.78, 5) is 20.6. The number of anilines is 2. The molecule has 17 heavy (non-hydrogen) atoms. The van der Waals surface area contributed by atoms with Crippen LogP contribution in [0.2, 0.25) is 0 Å². The number of carbonyl (C=O) groups excluding carboxylic acids is 1. The second kappa shape index (κ2) is 4.48. The highest BCUT2D eigenvalue weighted by atomic mass is 16.2. The fourth-order valence-corrected chi connectivity index (χ4v) is 1.26. The van der Waals surface area contributed by atoms with Crippen molar-refractivity contribution in [3.8, 4) is 0 Å². The maximum Gasteiger partial charge on any atom is 0.317 e. The topological polar surface area (TPSA) is 84.1 Å². The molecule has 6 heteroatoms. The lowest BCUT2D eigenvalue weighted by Crippen LogP contribution is -2.21. The first-order valence-electron chi connectivity index (χ1n) is 4.88. The monoisotopic (exact) mass is 229 g/mol. The van der Waals surface area contributed by atoms with Gasteiger partial charge in [0.1, 0.15) is 5.82 Å². The van der Waals surface area contributed by atoms with Crippen molar-refractivity contribution >= 4 is 17.8 Å². The van der Waals surface area contributed by atoms with E-state index in [1.165, 1.54) is 0 Å². The van der Waals surface area contributed by atoms with Crippen molar-refractivity contribution < 1.29 is 4.79 Å². The molecule has 0 saturated heterocycles. The Hall–Kier alpha value is -2.63. The number of primary amides is 1. The largest absolute Gasteiger partial charge is 0.351 e. The van der Waals surface area contributed by atoms with Gasteiger partial charge >= 0.3 is 6.03 Å². The van der Waals surface area contributed by atoms with Crippen LogP contribution in [0, 0.1) is 0 Å². The van der Waals surface area contributed by atoms with Gasteiger partial charge in [-0.25, -0.2) is 9.78 Å². The number of rotatable bonds is 2. The lowest BCUT2D eigenvalue weighted by Gasteiger charge is -2.16. The summed E-state index contributed by atoms with van der Waals surface area (Å²) in [6.07, 6.45) is 8.77. The summed E-state index contributed by atoms with van der Waals surface area (Å²) in [5.41, 5.74) is 5.90. The van der Waals surface area contributed by atoms with Crippen molar-refractivity contribution in [2.75, 3.05) is 10.2 Å². The Balaban J connectivity index is 2.22. The summed E-state index contributed by atoms with van der Waals surface area (Å²) in [6.45, 7) is 3.78. The van der Waals surface area contributed by atoms with Crippen LogP contribution < -0.4 is 16.0 Å². The van der Waals surface area contributed by atoms with Crippen LogP contribution in [0.15, 0.2) is 49.0 Å². The molecule has 3 N–H and O–H groups in total. The molecule has 0 bridgehead atoms. The second-order valence-electron chi connectivity index (χ2n) is 3.34. The predicted octanol–water partition coefficient (Wildman–Crippen LogP) is 1.37. The molecule has 0 unspecified atom stereocenters. The van der Waals surface area contributed by atoms with E-state index in [1.807, 2.05) is 12.2 Å². The molecule has 86 valence electrons. The molecule has 0 atom stereocenters. The fourth-order valence-electron chi connectivity index (χ4n) is 1.26. The Morgan fingerprint density at radius 2 is 2.12 bits per heavy atom. The Bertz CT molecular complexity index is 504. The zero-order valence-corrected chi connectivity index (χ0v) is 9.00. The van der Waals surface area contributed by atoms with Gasteiger partial charge in [0.25, 0.3) is 0 Å². The first-order chi connectivity index (χ1) is 8.15. The smallest absolute Gasteiger partial charge is 0.317 e. The van der Waals surface area contributed by atoms with E-state index in [1.54, 1.807) is 29.6 Å². The van der Waals surface area contributed by atoms with Crippen molar-refractivity contribution in [3.63, 3.8) is 0 Å². The third kappa shape index (κ3) is 2.69. The van der Waals surface area contributed by atoms with E-state index >= 15 is 0 Å². The number of urea groups is 1. The Kier molecular flexibility index (Phi) is 2.87. The van der Waals surface area contributed by atoms with E-state index in [-0.39, 0.29) is 0 Å². The van der Waals surface area contributed by atoms with Gasteiger partial charge in [-0.15, -0.1) is 0 Å². The van der Waals surface area contributed by atoms with Crippen LogP contribution in [0.4, 0.5) is 16.6 Å². The van der Waals surface area contributed by atoms with Gasteiger partial charge in [-0.3, -0.25) is 10.2 Å². The normalized spacial score (nSPS) is 13.9. The lowest BCUT2D eigenvalue weighted by molar-refractivity contribution is 0.259. The summed E-state index contributed by atoms with van der Waals surface area (Å²) in [6, 6.07) is 0.901. The van der Waals surface area contributed by atoms with Crippen LogP contribution in [0.1, 0.15) is 0 Å². The zero-order valence-electron chi connectivity index (χ0n) is 9.00.